The summed E-state index contributed by atoms with van der Waals surface area (Å²) in [6.45, 7) is 0.556. The topological polar surface area (TPSA) is 119 Å². The van der Waals surface area contributed by atoms with Gasteiger partial charge in [-0.3, -0.25) is 0 Å². The number of carbonyl (C=O) groups excluding carboxylic acids is 1. The van der Waals surface area contributed by atoms with Gasteiger partial charge in [0.1, 0.15) is 5.82 Å². The third kappa shape index (κ3) is 2.90. The van der Waals surface area contributed by atoms with Crippen LogP contribution in [0.15, 0.2) is 18.5 Å². The number of rotatable bonds is 3. The molecule has 0 aliphatic carbocycles. The van der Waals surface area contributed by atoms with Crippen molar-refractivity contribution in [2.45, 2.75) is 6.04 Å². The van der Waals surface area contributed by atoms with Crippen molar-refractivity contribution in [2.24, 2.45) is 0 Å². The number of carbonyl (C=O) groups is 1. The molecule has 20 heavy (non-hydrogen) atoms. The number of fused-ring (bicyclic) bond motifs is 2. The average Bonchev–Trinajstić information content (AvgIpc) is 2.92. The van der Waals surface area contributed by atoms with Crippen LogP contribution in [0.3, 0.4) is 0 Å². The number of aromatic nitrogens is 2. The van der Waals surface area contributed by atoms with Crippen LogP contribution in [0.25, 0.3) is 5.57 Å². The molecule has 1 N–H and O–H groups in total. The first-order valence-corrected chi connectivity index (χ1v) is 6.71. The van der Waals surface area contributed by atoms with Crippen LogP contribution in [0, 0.1) is 0 Å². The predicted molar refractivity (Wildman–Crippen MR) is 59.9 cm³/mol. The number of hydroxylamine groups is 2. The van der Waals surface area contributed by atoms with E-state index >= 15 is 0 Å². The van der Waals surface area contributed by atoms with Crippen molar-refractivity contribution < 1.29 is 51.6 Å². The van der Waals surface area contributed by atoms with Crippen molar-refractivity contribution >= 4 is 22.0 Å². The van der Waals surface area contributed by atoms with E-state index in [2.05, 4.69) is 14.3 Å². The number of nitrogens with zero attached hydrogens (tertiary/aromatic N) is 3. The van der Waals surface area contributed by atoms with Gasteiger partial charge in [-0.05, 0) is 6.08 Å². The molecule has 1 saturated heterocycles. The minimum Gasteiger partial charge on any atom is -0.724 e. The second kappa shape index (κ2) is 5.47. The maximum absolute atomic E-state index is 11.8. The molecule has 2 amide bonds. The summed E-state index contributed by atoms with van der Waals surface area (Å²) in [4.78, 5) is 20.2. The van der Waals surface area contributed by atoms with E-state index in [1.807, 2.05) is 0 Å². The van der Waals surface area contributed by atoms with Gasteiger partial charge in [-0.15, -0.1) is 0 Å². The van der Waals surface area contributed by atoms with E-state index in [1.54, 1.807) is 18.5 Å². The number of aromatic amines is 1. The van der Waals surface area contributed by atoms with Crippen molar-refractivity contribution in [1.82, 2.24) is 19.9 Å². The largest absolute Gasteiger partial charge is 1.00 e. The Morgan fingerprint density at radius 3 is 2.85 bits per heavy atom. The molecule has 0 saturated carbocycles. The molecule has 11 heteroatoms. The van der Waals surface area contributed by atoms with E-state index in [-0.39, 0.29) is 42.6 Å². The third-order valence-electron chi connectivity index (χ3n) is 2.90. The zero-order valence-corrected chi connectivity index (χ0v) is 13.3. The molecule has 3 rings (SSSR count). The van der Waals surface area contributed by atoms with Gasteiger partial charge in [-0.1, -0.05) is 0 Å². The summed E-state index contributed by atoms with van der Waals surface area (Å²) in [5.74, 6) is 0.592. The Morgan fingerprint density at radius 1 is 1.50 bits per heavy atom. The molecule has 2 bridgehead atoms. The van der Waals surface area contributed by atoms with Gasteiger partial charge in [0.2, 0.25) is 10.4 Å². The number of amides is 2. The number of hydrogen-bond donors (Lipinski definition) is 1. The molecule has 3 heterocycles. The van der Waals surface area contributed by atoms with Gasteiger partial charge in [0.05, 0.1) is 12.6 Å². The fraction of sp³-hybridized carbons (Fsp3) is 0.333. The van der Waals surface area contributed by atoms with Gasteiger partial charge in [-0.25, -0.2) is 18.2 Å². The van der Waals surface area contributed by atoms with Crippen LogP contribution >= 0.6 is 0 Å². The van der Waals surface area contributed by atoms with Crippen LogP contribution in [-0.2, 0) is 14.7 Å². The molecule has 1 fully saturated rings. The van der Waals surface area contributed by atoms with Crippen LogP contribution in [0.5, 0.6) is 0 Å². The minimum absolute atomic E-state index is 0. The molecule has 1 aromatic heterocycles. The maximum Gasteiger partial charge on any atom is 1.00 e. The molecule has 0 aromatic carbocycles. The van der Waals surface area contributed by atoms with Crippen LogP contribution in [0.2, 0.25) is 0 Å². The zero-order valence-electron chi connectivity index (χ0n) is 10.5. The zero-order chi connectivity index (χ0) is 13.6. The molecule has 0 radical (unpaired) electrons. The van der Waals surface area contributed by atoms with Gasteiger partial charge in [0.25, 0.3) is 0 Å². The fourth-order valence-corrected chi connectivity index (χ4v) is 2.55. The van der Waals surface area contributed by atoms with E-state index < -0.39 is 22.5 Å². The first-order chi connectivity index (χ1) is 8.94. The average molecular weight is 308 g/mol. The van der Waals surface area contributed by atoms with Crippen LogP contribution < -0.4 is 29.6 Å². The summed E-state index contributed by atoms with van der Waals surface area (Å²) in [6.07, 6.45) is 4.87. The fourth-order valence-electron chi connectivity index (χ4n) is 2.18. The SMILES string of the molecule is O=C1N2CC(c3ncc[nH]3)=CC(C2)N1OS(=O)(=O)[O-].[Na+]. The predicted octanol–water partition coefficient (Wildman–Crippen LogP) is -3.69. The molecule has 2 aliphatic rings. The standard InChI is InChI=1S/C9H10N4O5S.Na/c14-9-12-4-6(8-10-1-2-11-8)3-7(5-12)13(9)18-19(15,16)17;/h1-3,7H,4-5H2,(H,10,11)(H,15,16,17);/q;+1/p-1. The molecule has 102 valence electrons. The number of H-pyrrole nitrogens is 1. The number of urea groups is 1. The summed E-state index contributed by atoms with van der Waals surface area (Å²) < 4.78 is 36.0. The van der Waals surface area contributed by atoms with Crippen LogP contribution in [0.1, 0.15) is 5.82 Å². The first-order valence-electron chi connectivity index (χ1n) is 5.38. The molecule has 1 atom stereocenters. The van der Waals surface area contributed by atoms with Crippen molar-refractivity contribution in [1.29, 1.82) is 0 Å². The Hall–Kier alpha value is -0.910. The Balaban J connectivity index is 0.00000147. The summed E-state index contributed by atoms with van der Waals surface area (Å²) in [7, 11) is -4.97. The summed E-state index contributed by atoms with van der Waals surface area (Å²) in [5.41, 5.74) is 0.740. The van der Waals surface area contributed by atoms with Gasteiger partial charge < -0.3 is 14.4 Å². The maximum atomic E-state index is 11.8. The quantitative estimate of drug-likeness (QED) is 0.349. The first kappa shape index (κ1) is 15.5. The Kier molecular flexibility index (Phi) is 4.23. The molecular weight excluding hydrogens is 299 g/mol. The monoisotopic (exact) mass is 308 g/mol. The molecular formula is C9H9N4NaO5S. The smallest absolute Gasteiger partial charge is 0.724 e. The number of hydrogen-bond acceptors (Lipinski definition) is 6. The Morgan fingerprint density at radius 2 is 2.25 bits per heavy atom. The minimum atomic E-state index is -4.97. The van der Waals surface area contributed by atoms with E-state index in [4.69, 9.17) is 0 Å². The van der Waals surface area contributed by atoms with Gasteiger partial charge in [0.15, 0.2) is 0 Å². The molecule has 0 spiro atoms. The molecule has 1 aromatic rings. The molecule has 1 unspecified atom stereocenters. The molecule has 2 aliphatic heterocycles. The number of imidazole rings is 1. The number of nitrogens with one attached hydrogen (secondary N) is 1. The van der Waals surface area contributed by atoms with E-state index in [9.17, 15) is 17.8 Å². The Labute approximate surface area is 136 Å². The second-order valence-corrected chi connectivity index (χ2v) is 5.13. The summed E-state index contributed by atoms with van der Waals surface area (Å²) in [5, 5.41) is 0.582. The van der Waals surface area contributed by atoms with Crippen LogP contribution in [0.4, 0.5) is 4.79 Å². The van der Waals surface area contributed by atoms with E-state index in [0.29, 0.717) is 10.9 Å². The summed E-state index contributed by atoms with van der Waals surface area (Å²) >= 11 is 0. The van der Waals surface area contributed by atoms with Crippen molar-refractivity contribution in [3.8, 4) is 0 Å². The molecule has 9 nitrogen and oxygen atoms in total. The summed E-state index contributed by atoms with van der Waals surface area (Å²) in [6, 6.07) is -1.27. The van der Waals surface area contributed by atoms with Gasteiger partial charge in [0, 0.05) is 24.5 Å². The Bertz CT molecular complexity index is 643. The van der Waals surface area contributed by atoms with Crippen LogP contribution in [-0.4, -0.2) is 58.1 Å². The van der Waals surface area contributed by atoms with Gasteiger partial charge in [-0.2, -0.15) is 9.35 Å². The normalized spacial score (nSPS) is 21.8. The van der Waals surface area contributed by atoms with Gasteiger partial charge >= 0.3 is 35.6 Å². The van der Waals surface area contributed by atoms with Crippen molar-refractivity contribution in [3.05, 3.63) is 24.3 Å². The van der Waals surface area contributed by atoms with E-state index in [0.717, 1.165) is 5.57 Å². The van der Waals surface area contributed by atoms with Crippen molar-refractivity contribution in [3.63, 3.8) is 0 Å². The van der Waals surface area contributed by atoms with Crippen molar-refractivity contribution in [2.75, 3.05) is 13.1 Å². The third-order valence-corrected chi connectivity index (χ3v) is 3.24. The van der Waals surface area contributed by atoms with E-state index in [1.165, 1.54) is 4.90 Å². The second-order valence-electron chi connectivity index (χ2n) is 4.17.